The first kappa shape index (κ1) is 18.3. The third-order valence-electron chi connectivity index (χ3n) is 3.63. The zero-order chi connectivity index (χ0) is 16.9. The average Bonchev–Trinajstić information content (AvgIpc) is 2.59. The summed E-state index contributed by atoms with van der Waals surface area (Å²) in [6.45, 7) is 2.22. The molecule has 0 aliphatic rings. The molecule has 1 N–H and O–H groups in total. The first-order valence-electron chi connectivity index (χ1n) is 8.05. The van der Waals surface area contributed by atoms with Gasteiger partial charge in [0.05, 0.1) is 0 Å². The van der Waals surface area contributed by atoms with Crippen molar-refractivity contribution in [2.75, 3.05) is 5.32 Å². The van der Waals surface area contributed by atoms with Crippen LogP contribution in [0.1, 0.15) is 51.0 Å². The fourth-order valence-electron chi connectivity index (χ4n) is 2.29. The van der Waals surface area contributed by atoms with E-state index in [4.69, 9.17) is 15.8 Å². The summed E-state index contributed by atoms with van der Waals surface area (Å²) in [5, 5.41) is 29.4. The van der Waals surface area contributed by atoms with Gasteiger partial charge in [-0.05, 0) is 30.5 Å². The maximum Gasteiger partial charge on any atom is 0.163 e. The molecule has 23 heavy (non-hydrogen) atoms. The number of allylic oxidation sites excluding steroid dienone is 2. The molecular weight excluding hydrogens is 284 g/mol. The fourth-order valence-corrected chi connectivity index (χ4v) is 2.29. The number of nitrogens with one attached hydrogen (secondary N) is 1. The Kier molecular flexibility index (Phi) is 8.65. The number of aryl methyl sites for hydroxylation is 1. The van der Waals surface area contributed by atoms with Crippen LogP contribution in [-0.2, 0) is 6.42 Å². The van der Waals surface area contributed by atoms with Gasteiger partial charge in [-0.15, -0.1) is 0 Å². The molecule has 1 aromatic rings. The number of rotatable bonds is 9. The number of hydrogen-bond donors (Lipinski definition) is 1. The third-order valence-corrected chi connectivity index (χ3v) is 3.63. The van der Waals surface area contributed by atoms with Crippen LogP contribution in [0.25, 0.3) is 0 Å². The van der Waals surface area contributed by atoms with E-state index >= 15 is 0 Å². The minimum Gasteiger partial charge on any atom is -0.345 e. The van der Waals surface area contributed by atoms with Crippen molar-refractivity contribution in [3.8, 4) is 18.2 Å². The quantitative estimate of drug-likeness (QED) is 0.523. The van der Waals surface area contributed by atoms with Crippen molar-refractivity contribution in [1.82, 2.24) is 0 Å². The maximum atomic E-state index is 9.01. The van der Waals surface area contributed by atoms with E-state index in [1.165, 1.54) is 44.1 Å². The van der Waals surface area contributed by atoms with Gasteiger partial charge in [-0.2, -0.15) is 15.8 Å². The summed E-state index contributed by atoms with van der Waals surface area (Å²) in [7, 11) is 0. The van der Waals surface area contributed by atoms with Gasteiger partial charge in [-0.25, -0.2) is 0 Å². The Morgan fingerprint density at radius 2 is 1.48 bits per heavy atom. The normalized spacial score (nSPS) is 9.30. The second kappa shape index (κ2) is 10.9. The van der Waals surface area contributed by atoms with Gasteiger partial charge < -0.3 is 5.32 Å². The smallest absolute Gasteiger partial charge is 0.163 e. The van der Waals surface area contributed by atoms with Gasteiger partial charge in [0.15, 0.2) is 5.57 Å². The molecule has 0 aliphatic carbocycles. The number of unbranched alkanes of at least 4 members (excludes halogenated alkanes) is 5. The lowest BCUT2D eigenvalue weighted by Crippen LogP contribution is -2.00. The second-order valence-corrected chi connectivity index (χ2v) is 5.43. The zero-order valence-electron chi connectivity index (χ0n) is 13.6. The van der Waals surface area contributed by atoms with Crippen molar-refractivity contribution in [3.05, 3.63) is 41.1 Å². The first-order valence-corrected chi connectivity index (χ1v) is 8.05. The summed E-state index contributed by atoms with van der Waals surface area (Å²) in [6, 6.07) is 13.1. The van der Waals surface area contributed by atoms with E-state index in [2.05, 4.69) is 12.2 Å². The van der Waals surface area contributed by atoms with Crippen LogP contribution in [0.15, 0.2) is 35.5 Å². The Labute approximate surface area is 138 Å². The van der Waals surface area contributed by atoms with Crippen molar-refractivity contribution < 1.29 is 0 Å². The summed E-state index contributed by atoms with van der Waals surface area (Å²) >= 11 is 0. The summed E-state index contributed by atoms with van der Waals surface area (Å²) < 4.78 is 0. The van der Waals surface area contributed by atoms with Gasteiger partial charge >= 0.3 is 0 Å². The number of hydrogen-bond acceptors (Lipinski definition) is 4. The highest BCUT2D eigenvalue weighted by Gasteiger charge is 2.05. The molecule has 0 aliphatic heterocycles. The maximum absolute atomic E-state index is 9.01. The molecular formula is C19H22N4. The van der Waals surface area contributed by atoms with Crippen LogP contribution < -0.4 is 5.32 Å². The minimum atomic E-state index is -0.205. The van der Waals surface area contributed by atoms with Crippen molar-refractivity contribution in [3.63, 3.8) is 0 Å². The molecule has 0 saturated carbocycles. The highest BCUT2D eigenvalue weighted by atomic mass is 14.9. The molecule has 0 heterocycles. The number of anilines is 1. The van der Waals surface area contributed by atoms with Gasteiger partial charge in [0, 0.05) is 5.69 Å². The molecule has 0 atom stereocenters. The summed E-state index contributed by atoms with van der Waals surface area (Å²) in [5.41, 5.74) is 1.74. The number of nitrogens with zero attached hydrogens (tertiary/aromatic N) is 3. The van der Waals surface area contributed by atoms with E-state index in [9.17, 15) is 0 Å². The molecule has 0 fully saturated rings. The molecule has 0 unspecified atom stereocenters. The highest BCUT2D eigenvalue weighted by molar-refractivity contribution is 5.58. The van der Waals surface area contributed by atoms with Crippen molar-refractivity contribution in [2.24, 2.45) is 0 Å². The number of nitriles is 3. The van der Waals surface area contributed by atoms with E-state index in [0.717, 1.165) is 6.42 Å². The largest absolute Gasteiger partial charge is 0.345 e. The Bertz CT molecular complexity index is 620. The molecule has 118 valence electrons. The van der Waals surface area contributed by atoms with Crippen molar-refractivity contribution >= 4 is 5.69 Å². The molecule has 4 nitrogen and oxygen atoms in total. The third kappa shape index (κ3) is 6.68. The summed E-state index contributed by atoms with van der Waals surface area (Å²) in [4.78, 5) is 0. The SMILES string of the molecule is CCCCCCCCc1ccc(NC(C#N)=C(C#N)C#N)cc1. The predicted molar refractivity (Wildman–Crippen MR) is 91.0 cm³/mol. The van der Waals surface area contributed by atoms with Gasteiger partial charge in [0.25, 0.3) is 0 Å². The van der Waals surface area contributed by atoms with Gasteiger partial charge in [0.1, 0.15) is 23.9 Å². The number of benzene rings is 1. The highest BCUT2D eigenvalue weighted by Crippen LogP contribution is 2.16. The molecule has 0 spiro atoms. The molecule has 1 rings (SSSR count). The summed E-state index contributed by atoms with van der Waals surface area (Å²) in [5.74, 6) is 0. The second-order valence-electron chi connectivity index (χ2n) is 5.43. The van der Waals surface area contributed by atoms with Crippen LogP contribution in [0.2, 0.25) is 0 Å². The van der Waals surface area contributed by atoms with E-state index in [1.54, 1.807) is 12.1 Å². The molecule has 4 heteroatoms. The monoisotopic (exact) mass is 306 g/mol. The zero-order valence-corrected chi connectivity index (χ0v) is 13.6. The molecule has 0 saturated heterocycles. The molecule has 0 aromatic heterocycles. The Hall–Kier alpha value is -2.77. The predicted octanol–water partition coefficient (Wildman–Crippen LogP) is 4.83. The van der Waals surface area contributed by atoms with Gasteiger partial charge in [-0.3, -0.25) is 0 Å². The van der Waals surface area contributed by atoms with E-state index in [-0.39, 0.29) is 11.3 Å². The standard InChI is InChI=1S/C19H22N4/c1-2-3-4-5-6-7-8-16-9-11-18(12-10-16)23-19(15-22)17(13-20)14-21/h9-12,23H,2-8H2,1H3. The molecule has 0 amide bonds. The lowest BCUT2D eigenvalue weighted by Gasteiger charge is -2.06. The Morgan fingerprint density at radius 3 is 2.04 bits per heavy atom. The van der Waals surface area contributed by atoms with Crippen LogP contribution in [-0.4, -0.2) is 0 Å². The van der Waals surface area contributed by atoms with Crippen molar-refractivity contribution in [2.45, 2.75) is 51.9 Å². The topological polar surface area (TPSA) is 83.4 Å². The lowest BCUT2D eigenvalue weighted by atomic mass is 10.0. The van der Waals surface area contributed by atoms with E-state index in [0.29, 0.717) is 5.69 Å². The Balaban J connectivity index is 2.51. The molecule has 1 aromatic carbocycles. The van der Waals surface area contributed by atoms with Crippen LogP contribution >= 0.6 is 0 Å². The first-order chi connectivity index (χ1) is 11.2. The average molecular weight is 306 g/mol. The van der Waals surface area contributed by atoms with Crippen LogP contribution in [0.3, 0.4) is 0 Å². The van der Waals surface area contributed by atoms with Crippen molar-refractivity contribution in [1.29, 1.82) is 15.8 Å². The van der Waals surface area contributed by atoms with Gasteiger partial charge in [-0.1, -0.05) is 51.2 Å². The van der Waals surface area contributed by atoms with E-state index < -0.39 is 0 Å². The van der Waals surface area contributed by atoms with Crippen LogP contribution in [0.5, 0.6) is 0 Å². The molecule has 0 bridgehead atoms. The molecule has 0 radical (unpaired) electrons. The van der Waals surface area contributed by atoms with Crippen LogP contribution in [0.4, 0.5) is 5.69 Å². The summed E-state index contributed by atoms with van der Waals surface area (Å²) in [6.07, 6.45) is 8.71. The lowest BCUT2D eigenvalue weighted by molar-refractivity contribution is 0.607. The Morgan fingerprint density at radius 1 is 0.870 bits per heavy atom. The minimum absolute atomic E-state index is 0.0151. The van der Waals surface area contributed by atoms with Crippen LogP contribution in [0, 0.1) is 34.0 Å². The fraction of sp³-hybridized carbons (Fsp3) is 0.421. The van der Waals surface area contributed by atoms with Gasteiger partial charge in [0.2, 0.25) is 0 Å². The van der Waals surface area contributed by atoms with E-state index in [1.807, 2.05) is 30.3 Å².